The first-order chi connectivity index (χ1) is 11.7. The van der Waals surface area contributed by atoms with Crippen LogP contribution in [0.15, 0.2) is 48.5 Å². The molecule has 0 aromatic heterocycles. The highest BCUT2D eigenvalue weighted by atomic mass is 19.1. The Morgan fingerprint density at radius 3 is 2.38 bits per heavy atom. The van der Waals surface area contributed by atoms with E-state index in [1.165, 1.54) is 6.07 Å². The van der Waals surface area contributed by atoms with Crippen LogP contribution in [0.4, 0.5) is 9.18 Å². The van der Waals surface area contributed by atoms with Crippen LogP contribution in [0.2, 0.25) is 0 Å². The molecular weight excluding hydrogens is 311 g/mol. The number of methoxy groups -OCH3 is 1. The van der Waals surface area contributed by atoms with Crippen molar-refractivity contribution in [2.45, 2.75) is 6.42 Å². The smallest absolute Gasteiger partial charge is 0.314 e. The fraction of sp³-hybridized carbons (Fsp3) is 0.278. The Morgan fingerprint density at radius 2 is 1.67 bits per heavy atom. The van der Waals surface area contributed by atoms with Gasteiger partial charge in [0.2, 0.25) is 0 Å². The van der Waals surface area contributed by atoms with Crippen molar-refractivity contribution in [3.63, 3.8) is 0 Å². The summed E-state index contributed by atoms with van der Waals surface area (Å²) in [5.41, 5.74) is 0.584. The van der Waals surface area contributed by atoms with E-state index in [4.69, 9.17) is 9.47 Å². The topological polar surface area (TPSA) is 59.6 Å². The van der Waals surface area contributed by atoms with E-state index in [2.05, 4.69) is 10.6 Å². The molecule has 0 unspecified atom stereocenters. The van der Waals surface area contributed by atoms with Gasteiger partial charge in [0, 0.05) is 6.54 Å². The maximum Gasteiger partial charge on any atom is 0.314 e. The molecule has 0 spiro atoms. The van der Waals surface area contributed by atoms with Crippen molar-refractivity contribution in [3.8, 4) is 11.5 Å². The molecule has 2 rings (SSSR count). The van der Waals surface area contributed by atoms with Gasteiger partial charge in [-0.1, -0.05) is 18.2 Å². The lowest BCUT2D eigenvalue weighted by Crippen LogP contribution is -2.38. The van der Waals surface area contributed by atoms with E-state index in [1.54, 1.807) is 49.6 Å². The molecule has 5 nitrogen and oxygen atoms in total. The number of rotatable bonds is 8. The molecule has 6 heteroatoms. The van der Waals surface area contributed by atoms with Crippen molar-refractivity contribution >= 4 is 6.03 Å². The van der Waals surface area contributed by atoms with E-state index < -0.39 is 0 Å². The number of carbonyl (C=O) groups excluding carboxylic acids is 1. The zero-order valence-electron chi connectivity index (χ0n) is 13.5. The van der Waals surface area contributed by atoms with Gasteiger partial charge in [0.15, 0.2) is 0 Å². The number of amides is 2. The number of carbonyl (C=O) groups is 1. The van der Waals surface area contributed by atoms with E-state index in [0.717, 1.165) is 5.75 Å². The largest absolute Gasteiger partial charge is 0.497 e. The van der Waals surface area contributed by atoms with Gasteiger partial charge in [-0.3, -0.25) is 0 Å². The van der Waals surface area contributed by atoms with Gasteiger partial charge in [-0.2, -0.15) is 0 Å². The zero-order chi connectivity index (χ0) is 17.2. The predicted octanol–water partition coefficient (Wildman–Crippen LogP) is 2.76. The molecule has 0 bridgehead atoms. The molecule has 0 atom stereocenters. The van der Waals surface area contributed by atoms with Crippen LogP contribution >= 0.6 is 0 Å². The normalized spacial score (nSPS) is 10.1. The molecule has 0 aliphatic rings. The summed E-state index contributed by atoms with van der Waals surface area (Å²) in [4.78, 5) is 11.6. The third-order valence-electron chi connectivity index (χ3n) is 3.35. The van der Waals surface area contributed by atoms with Crippen molar-refractivity contribution < 1.29 is 18.7 Å². The maximum atomic E-state index is 13.4. The molecule has 0 saturated heterocycles. The van der Waals surface area contributed by atoms with Crippen molar-refractivity contribution in [1.29, 1.82) is 0 Å². The molecule has 0 aliphatic carbocycles. The Bertz CT molecular complexity index is 647. The molecule has 2 aromatic rings. The van der Waals surface area contributed by atoms with Gasteiger partial charge >= 0.3 is 6.03 Å². The van der Waals surface area contributed by atoms with Crippen LogP contribution in [0.1, 0.15) is 5.56 Å². The van der Waals surface area contributed by atoms with Gasteiger partial charge in [0.25, 0.3) is 0 Å². The maximum absolute atomic E-state index is 13.4. The number of benzene rings is 2. The third-order valence-corrected chi connectivity index (χ3v) is 3.35. The Morgan fingerprint density at radius 1 is 1.00 bits per heavy atom. The second-order valence-electron chi connectivity index (χ2n) is 5.05. The zero-order valence-corrected chi connectivity index (χ0v) is 13.5. The minimum absolute atomic E-state index is 0.257. The van der Waals surface area contributed by atoms with Crippen LogP contribution in [-0.4, -0.2) is 32.8 Å². The summed E-state index contributed by atoms with van der Waals surface area (Å²) in [6.07, 6.45) is 0.447. The Labute approximate surface area is 140 Å². The Balaban J connectivity index is 1.58. The molecule has 2 aromatic carbocycles. The molecule has 0 radical (unpaired) electrons. The monoisotopic (exact) mass is 332 g/mol. The number of hydrogen-bond acceptors (Lipinski definition) is 3. The highest BCUT2D eigenvalue weighted by Crippen LogP contribution is 2.16. The third kappa shape index (κ3) is 5.79. The number of urea groups is 1. The molecule has 24 heavy (non-hydrogen) atoms. The van der Waals surface area contributed by atoms with E-state index >= 15 is 0 Å². The van der Waals surface area contributed by atoms with Crippen molar-refractivity contribution in [3.05, 3.63) is 59.9 Å². The highest BCUT2D eigenvalue weighted by Gasteiger charge is 2.03. The number of nitrogens with one attached hydrogen (secondary N) is 2. The first-order valence-electron chi connectivity index (χ1n) is 7.71. The highest BCUT2D eigenvalue weighted by molar-refractivity contribution is 5.73. The van der Waals surface area contributed by atoms with E-state index in [1.807, 2.05) is 0 Å². The van der Waals surface area contributed by atoms with Gasteiger partial charge in [-0.25, -0.2) is 9.18 Å². The second kappa shape index (κ2) is 9.39. The molecular formula is C18H21FN2O3. The quantitative estimate of drug-likeness (QED) is 0.731. The van der Waals surface area contributed by atoms with Crippen LogP contribution in [0.3, 0.4) is 0 Å². The molecule has 0 aliphatic heterocycles. The molecule has 0 saturated carbocycles. The minimum Gasteiger partial charge on any atom is -0.497 e. The van der Waals surface area contributed by atoms with Gasteiger partial charge in [0.05, 0.1) is 13.7 Å². The molecule has 0 fully saturated rings. The fourth-order valence-electron chi connectivity index (χ4n) is 2.08. The van der Waals surface area contributed by atoms with Gasteiger partial charge in [-0.15, -0.1) is 0 Å². The van der Waals surface area contributed by atoms with Crippen molar-refractivity contribution in [2.75, 3.05) is 26.8 Å². The molecule has 128 valence electrons. The lowest BCUT2D eigenvalue weighted by atomic mass is 10.1. The van der Waals surface area contributed by atoms with Crippen LogP contribution in [-0.2, 0) is 6.42 Å². The first kappa shape index (κ1) is 17.6. The SMILES string of the molecule is COc1ccc(OCCNC(=O)NCCc2ccccc2F)cc1. The summed E-state index contributed by atoms with van der Waals surface area (Å²) in [7, 11) is 1.60. The Kier molecular flexibility index (Phi) is 6.89. The Hall–Kier alpha value is -2.76. The molecule has 2 amide bonds. The summed E-state index contributed by atoms with van der Waals surface area (Å²) in [6.45, 7) is 1.09. The number of halogens is 1. The summed E-state index contributed by atoms with van der Waals surface area (Å²) in [5.74, 6) is 1.21. The van der Waals surface area contributed by atoms with Crippen LogP contribution < -0.4 is 20.1 Å². The average molecular weight is 332 g/mol. The van der Waals surface area contributed by atoms with E-state index in [0.29, 0.717) is 37.4 Å². The number of ether oxygens (including phenoxy) is 2. The van der Waals surface area contributed by atoms with Crippen LogP contribution in [0.25, 0.3) is 0 Å². The van der Waals surface area contributed by atoms with Crippen LogP contribution in [0, 0.1) is 5.82 Å². The second-order valence-corrected chi connectivity index (χ2v) is 5.05. The lowest BCUT2D eigenvalue weighted by Gasteiger charge is -2.09. The number of hydrogen-bond donors (Lipinski definition) is 2. The summed E-state index contributed by atoms with van der Waals surface area (Å²) in [6, 6.07) is 13.4. The van der Waals surface area contributed by atoms with Crippen LogP contribution in [0.5, 0.6) is 11.5 Å². The average Bonchev–Trinajstić information content (AvgIpc) is 2.61. The molecule has 0 heterocycles. The molecule has 2 N–H and O–H groups in total. The summed E-state index contributed by atoms with van der Waals surface area (Å²) >= 11 is 0. The summed E-state index contributed by atoms with van der Waals surface area (Å²) < 4.78 is 24.0. The first-order valence-corrected chi connectivity index (χ1v) is 7.71. The standard InChI is InChI=1S/C18H21FN2O3/c1-23-15-6-8-16(9-7-15)24-13-12-21-18(22)20-11-10-14-4-2-3-5-17(14)19/h2-9H,10-13H2,1H3,(H2,20,21,22). The van der Waals surface area contributed by atoms with E-state index in [9.17, 15) is 9.18 Å². The van der Waals surface area contributed by atoms with Crippen molar-refractivity contribution in [1.82, 2.24) is 10.6 Å². The van der Waals surface area contributed by atoms with Gasteiger partial charge in [0.1, 0.15) is 23.9 Å². The van der Waals surface area contributed by atoms with E-state index in [-0.39, 0.29) is 11.8 Å². The summed E-state index contributed by atoms with van der Waals surface area (Å²) in [5, 5.41) is 5.37. The predicted molar refractivity (Wildman–Crippen MR) is 90.0 cm³/mol. The van der Waals surface area contributed by atoms with Crippen molar-refractivity contribution in [2.24, 2.45) is 0 Å². The van der Waals surface area contributed by atoms with Gasteiger partial charge < -0.3 is 20.1 Å². The van der Waals surface area contributed by atoms with Gasteiger partial charge in [-0.05, 0) is 42.3 Å². The fourth-order valence-corrected chi connectivity index (χ4v) is 2.08. The lowest BCUT2D eigenvalue weighted by molar-refractivity contribution is 0.236. The minimum atomic E-state index is -0.301.